The summed E-state index contributed by atoms with van der Waals surface area (Å²) in [5.41, 5.74) is 0. The number of carbonyl (C=O) groups excluding carboxylic acids is 2. The molecule has 1 saturated heterocycles. The topological polar surface area (TPSA) is 73.6 Å². The molecule has 1 aromatic rings. The van der Waals surface area contributed by atoms with Crippen LogP contribution in [-0.4, -0.2) is 27.1 Å². The molecule has 0 saturated carbocycles. The van der Waals surface area contributed by atoms with Gasteiger partial charge in [0.15, 0.2) is 4.67 Å². The first-order valence-corrected chi connectivity index (χ1v) is 8.54. The maximum Gasteiger partial charge on any atom is 0.266 e. The van der Waals surface area contributed by atoms with Crippen LogP contribution in [0, 0.1) is 5.92 Å². The molecular weight excluding hydrogens is 390 g/mol. The Hall–Kier alpha value is -1.12. The van der Waals surface area contributed by atoms with Gasteiger partial charge in [0.25, 0.3) is 5.91 Å². The summed E-state index contributed by atoms with van der Waals surface area (Å²) in [6.07, 6.45) is 1.83. The van der Waals surface area contributed by atoms with Crippen LogP contribution in [0.4, 0.5) is 0 Å². The Kier molecular flexibility index (Phi) is 5.46. The summed E-state index contributed by atoms with van der Waals surface area (Å²) in [5, 5.41) is 11.4. The minimum atomic E-state index is -1.30. The SMILES string of the molecule is CC(C)C[C@H](C(=O)[O-])N1C(=O)/C(=C\c2ccc(Br)o2)SC1=S. The van der Waals surface area contributed by atoms with Crippen LogP contribution in [0.15, 0.2) is 26.1 Å². The molecule has 1 fully saturated rings. The third kappa shape index (κ3) is 3.80. The van der Waals surface area contributed by atoms with E-state index >= 15 is 0 Å². The molecule has 1 aliphatic heterocycles. The van der Waals surface area contributed by atoms with Gasteiger partial charge in [-0.3, -0.25) is 9.69 Å². The number of rotatable bonds is 5. The van der Waals surface area contributed by atoms with Gasteiger partial charge in [-0.2, -0.15) is 0 Å². The van der Waals surface area contributed by atoms with Crippen molar-refractivity contribution in [3.8, 4) is 0 Å². The summed E-state index contributed by atoms with van der Waals surface area (Å²) >= 11 is 9.40. The smallest absolute Gasteiger partial charge is 0.266 e. The summed E-state index contributed by atoms with van der Waals surface area (Å²) in [5.74, 6) is -1.15. The van der Waals surface area contributed by atoms with Crippen molar-refractivity contribution in [2.24, 2.45) is 5.92 Å². The largest absolute Gasteiger partial charge is 0.548 e. The normalized spacial score (nSPS) is 18.5. The van der Waals surface area contributed by atoms with E-state index in [0.29, 0.717) is 15.3 Å². The number of carbonyl (C=O) groups is 2. The molecular formula is C14H13BrNO4S2-. The van der Waals surface area contributed by atoms with Gasteiger partial charge in [0.2, 0.25) is 0 Å². The van der Waals surface area contributed by atoms with Crippen LogP contribution in [0.3, 0.4) is 0 Å². The fourth-order valence-corrected chi connectivity index (χ4v) is 3.69. The lowest BCUT2D eigenvalue weighted by atomic mass is 10.0. The maximum absolute atomic E-state index is 12.5. The van der Waals surface area contributed by atoms with Gasteiger partial charge in [0.1, 0.15) is 10.1 Å². The van der Waals surface area contributed by atoms with E-state index in [-0.39, 0.29) is 16.7 Å². The van der Waals surface area contributed by atoms with Gasteiger partial charge < -0.3 is 14.3 Å². The Morgan fingerprint density at radius 2 is 2.23 bits per heavy atom. The monoisotopic (exact) mass is 402 g/mol. The highest BCUT2D eigenvalue weighted by Gasteiger charge is 2.38. The number of thioether (sulfide) groups is 1. The Labute approximate surface area is 145 Å². The van der Waals surface area contributed by atoms with Crippen molar-refractivity contribution in [2.45, 2.75) is 26.3 Å². The van der Waals surface area contributed by atoms with Gasteiger partial charge in [-0.15, -0.1) is 0 Å². The summed E-state index contributed by atoms with van der Waals surface area (Å²) in [6.45, 7) is 3.76. The molecule has 2 rings (SSSR count). The highest BCUT2D eigenvalue weighted by atomic mass is 79.9. The van der Waals surface area contributed by atoms with Gasteiger partial charge >= 0.3 is 0 Å². The van der Waals surface area contributed by atoms with E-state index in [1.807, 2.05) is 13.8 Å². The number of thiocarbonyl (C=S) groups is 1. The molecule has 1 aromatic heterocycles. The highest BCUT2D eigenvalue weighted by Crippen LogP contribution is 2.35. The van der Waals surface area contributed by atoms with Crippen molar-refractivity contribution in [3.05, 3.63) is 27.5 Å². The van der Waals surface area contributed by atoms with Gasteiger partial charge in [0, 0.05) is 6.08 Å². The van der Waals surface area contributed by atoms with E-state index in [4.69, 9.17) is 16.6 Å². The van der Waals surface area contributed by atoms with Crippen LogP contribution in [0.1, 0.15) is 26.0 Å². The van der Waals surface area contributed by atoms with Crippen LogP contribution >= 0.6 is 39.9 Å². The predicted molar refractivity (Wildman–Crippen MR) is 89.7 cm³/mol. The van der Waals surface area contributed by atoms with Crippen molar-refractivity contribution >= 4 is 62.2 Å². The number of halogens is 1. The number of aliphatic carboxylic acids is 1. The molecule has 1 aliphatic rings. The average Bonchev–Trinajstić information content (AvgIpc) is 2.92. The second-order valence-corrected chi connectivity index (χ2v) is 7.62. The van der Waals surface area contributed by atoms with Crippen LogP contribution < -0.4 is 5.11 Å². The van der Waals surface area contributed by atoms with Crippen LogP contribution in [0.5, 0.6) is 0 Å². The number of carboxylic acids is 1. The lowest BCUT2D eigenvalue weighted by molar-refractivity contribution is -0.310. The van der Waals surface area contributed by atoms with Crippen molar-refractivity contribution in [3.63, 3.8) is 0 Å². The van der Waals surface area contributed by atoms with Crippen LogP contribution in [0.2, 0.25) is 0 Å². The molecule has 22 heavy (non-hydrogen) atoms. The summed E-state index contributed by atoms with van der Waals surface area (Å²) in [7, 11) is 0. The number of hydrogen-bond donors (Lipinski definition) is 0. The molecule has 0 aromatic carbocycles. The molecule has 118 valence electrons. The van der Waals surface area contributed by atoms with Gasteiger partial charge in [-0.05, 0) is 40.4 Å². The lowest BCUT2D eigenvalue weighted by Gasteiger charge is -2.28. The second kappa shape index (κ2) is 6.97. The van der Waals surface area contributed by atoms with Crippen LogP contribution in [0.25, 0.3) is 6.08 Å². The molecule has 0 unspecified atom stereocenters. The zero-order chi connectivity index (χ0) is 16.4. The van der Waals surface area contributed by atoms with Crippen molar-refractivity contribution in [1.29, 1.82) is 0 Å². The van der Waals surface area contributed by atoms with Gasteiger partial charge in [0.05, 0.1) is 16.9 Å². The van der Waals surface area contributed by atoms with E-state index in [1.54, 1.807) is 18.2 Å². The van der Waals surface area contributed by atoms with E-state index in [1.165, 1.54) is 0 Å². The van der Waals surface area contributed by atoms with Crippen LogP contribution in [-0.2, 0) is 9.59 Å². The third-order valence-corrected chi connectivity index (χ3v) is 4.73. The van der Waals surface area contributed by atoms with Gasteiger partial charge in [-0.1, -0.05) is 37.8 Å². The van der Waals surface area contributed by atoms with E-state index in [2.05, 4.69) is 15.9 Å². The molecule has 0 spiro atoms. The minimum Gasteiger partial charge on any atom is -0.548 e. The average molecular weight is 403 g/mol. The summed E-state index contributed by atoms with van der Waals surface area (Å²) < 4.78 is 6.08. The fourth-order valence-electron chi connectivity index (χ4n) is 2.04. The Balaban J connectivity index is 2.27. The Morgan fingerprint density at radius 3 is 2.73 bits per heavy atom. The number of amides is 1. The molecule has 1 atom stereocenters. The van der Waals surface area contributed by atoms with E-state index in [0.717, 1.165) is 16.7 Å². The molecule has 2 heterocycles. The number of nitrogens with zero attached hydrogens (tertiary/aromatic N) is 1. The van der Waals surface area contributed by atoms with Crippen molar-refractivity contribution in [1.82, 2.24) is 4.90 Å². The maximum atomic E-state index is 12.5. The first-order valence-electron chi connectivity index (χ1n) is 6.53. The second-order valence-electron chi connectivity index (χ2n) is 5.16. The van der Waals surface area contributed by atoms with Gasteiger partial charge in [-0.25, -0.2) is 0 Å². The van der Waals surface area contributed by atoms with Crippen molar-refractivity contribution in [2.75, 3.05) is 0 Å². The molecule has 0 N–H and O–H groups in total. The molecule has 5 nitrogen and oxygen atoms in total. The minimum absolute atomic E-state index is 0.0950. The Bertz CT molecular complexity index is 653. The standard InChI is InChI=1S/C14H14BrNO4S2/c1-7(2)5-9(13(18)19)16-12(17)10(22-14(16)21)6-8-3-4-11(15)20-8/h3-4,6-7,9H,5H2,1-2H3,(H,18,19)/p-1/b10-6+/t9-/m1/s1. The number of carboxylic acid groups (broad SMARTS) is 1. The highest BCUT2D eigenvalue weighted by molar-refractivity contribution is 9.10. The third-order valence-electron chi connectivity index (χ3n) is 2.97. The summed E-state index contributed by atoms with van der Waals surface area (Å²) in [6, 6.07) is 2.35. The zero-order valence-corrected chi connectivity index (χ0v) is 15.1. The molecule has 0 bridgehead atoms. The molecule has 0 radical (unpaired) electrons. The lowest BCUT2D eigenvalue weighted by Crippen LogP contribution is -2.50. The first kappa shape index (κ1) is 17.2. The van der Waals surface area contributed by atoms with E-state index < -0.39 is 17.9 Å². The van der Waals surface area contributed by atoms with E-state index in [9.17, 15) is 14.7 Å². The Morgan fingerprint density at radius 1 is 1.55 bits per heavy atom. The number of hydrogen-bond acceptors (Lipinski definition) is 6. The quantitative estimate of drug-likeness (QED) is 0.555. The fraction of sp³-hybridized carbons (Fsp3) is 0.357. The first-order chi connectivity index (χ1) is 10.3. The zero-order valence-electron chi connectivity index (χ0n) is 11.9. The summed E-state index contributed by atoms with van der Waals surface area (Å²) in [4.78, 5) is 25.3. The molecule has 1 amide bonds. The van der Waals surface area contributed by atoms with Crippen molar-refractivity contribution < 1.29 is 19.1 Å². The molecule has 0 aliphatic carbocycles. The molecule has 8 heteroatoms. The number of furan rings is 1. The predicted octanol–water partition coefficient (Wildman–Crippen LogP) is 2.41.